The van der Waals surface area contributed by atoms with Gasteiger partial charge in [-0.1, -0.05) is 36.2 Å². The summed E-state index contributed by atoms with van der Waals surface area (Å²) < 4.78 is 0. The quantitative estimate of drug-likeness (QED) is 0.811. The minimum absolute atomic E-state index is 0.117. The van der Waals surface area contributed by atoms with Crippen LogP contribution in [0.3, 0.4) is 0 Å². The lowest BCUT2D eigenvalue weighted by molar-refractivity contribution is -0.141. The summed E-state index contributed by atoms with van der Waals surface area (Å²) in [5, 5.41) is 12.5. The van der Waals surface area contributed by atoms with Gasteiger partial charge < -0.3 is 10.4 Å². The number of hydrogen-bond acceptors (Lipinski definition) is 2. The fourth-order valence-electron chi connectivity index (χ4n) is 1.61. The first-order valence-electron chi connectivity index (χ1n) is 6.33. The average Bonchev–Trinajstić information content (AvgIpc) is 2.37. The standard InChI is InChI=1S/C14H17Cl2NO3/c1-9(14(19)20)6-7-17-13(18)5-3-10-2-4-11(15)8-12(10)16/h2,4,8-9H,3,5-7H2,1H3,(H,17,18)(H,19,20). The molecule has 1 aromatic carbocycles. The van der Waals surface area contributed by atoms with Gasteiger partial charge in [-0.3, -0.25) is 9.59 Å². The van der Waals surface area contributed by atoms with Gasteiger partial charge in [0, 0.05) is 23.0 Å². The van der Waals surface area contributed by atoms with Gasteiger partial charge in [0.2, 0.25) is 5.91 Å². The lowest BCUT2D eigenvalue weighted by Gasteiger charge is -2.08. The topological polar surface area (TPSA) is 66.4 Å². The van der Waals surface area contributed by atoms with Gasteiger partial charge in [-0.05, 0) is 30.5 Å². The molecule has 4 nitrogen and oxygen atoms in total. The van der Waals surface area contributed by atoms with Gasteiger partial charge in [-0.2, -0.15) is 0 Å². The van der Waals surface area contributed by atoms with Crippen molar-refractivity contribution in [3.63, 3.8) is 0 Å². The number of aliphatic carboxylic acids is 1. The Morgan fingerprint density at radius 3 is 2.65 bits per heavy atom. The van der Waals surface area contributed by atoms with Crippen molar-refractivity contribution in [3.05, 3.63) is 33.8 Å². The fourth-order valence-corrected chi connectivity index (χ4v) is 2.12. The molecule has 1 unspecified atom stereocenters. The van der Waals surface area contributed by atoms with Gasteiger partial charge in [0.25, 0.3) is 0 Å². The lowest BCUT2D eigenvalue weighted by atomic mass is 10.1. The number of carboxylic acid groups (broad SMARTS) is 1. The lowest BCUT2D eigenvalue weighted by Crippen LogP contribution is -2.27. The highest BCUT2D eigenvalue weighted by molar-refractivity contribution is 6.35. The minimum atomic E-state index is -0.854. The number of halogens is 2. The molecule has 110 valence electrons. The number of nitrogens with one attached hydrogen (secondary N) is 1. The van der Waals surface area contributed by atoms with Crippen LogP contribution in [-0.2, 0) is 16.0 Å². The summed E-state index contributed by atoms with van der Waals surface area (Å²) >= 11 is 11.8. The van der Waals surface area contributed by atoms with Crippen LogP contribution in [0.15, 0.2) is 18.2 Å². The number of carbonyl (C=O) groups is 2. The zero-order valence-corrected chi connectivity index (χ0v) is 12.7. The molecule has 0 bridgehead atoms. The van der Waals surface area contributed by atoms with Gasteiger partial charge in [0.15, 0.2) is 0 Å². The van der Waals surface area contributed by atoms with Crippen molar-refractivity contribution >= 4 is 35.1 Å². The maximum Gasteiger partial charge on any atom is 0.306 e. The van der Waals surface area contributed by atoms with Crippen molar-refractivity contribution in [1.29, 1.82) is 0 Å². The summed E-state index contributed by atoms with van der Waals surface area (Å²) in [6.07, 6.45) is 1.25. The molecule has 0 aliphatic carbocycles. The molecule has 20 heavy (non-hydrogen) atoms. The van der Waals surface area contributed by atoms with E-state index in [4.69, 9.17) is 28.3 Å². The van der Waals surface area contributed by atoms with Crippen molar-refractivity contribution in [2.75, 3.05) is 6.54 Å². The van der Waals surface area contributed by atoms with E-state index in [0.717, 1.165) is 5.56 Å². The highest BCUT2D eigenvalue weighted by Crippen LogP contribution is 2.21. The SMILES string of the molecule is CC(CCNC(=O)CCc1ccc(Cl)cc1Cl)C(=O)O. The van der Waals surface area contributed by atoms with Crippen LogP contribution in [0.4, 0.5) is 0 Å². The molecular weight excluding hydrogens is 301 g/mol. The molecule has 0 fully saturated rings. The maximum atomic E-state index is 11.6. The molecule has 0 spiro atoms. The van der Waals surface area contributed by atoms with Gasteiger partial charge in [0.05, 0.1) is 5.92 Å². The van der Waals surface area contributed by atoms with Crippen molar-refractivity contribution < 1.29 is 14.7 Å². The number of amides is 1. The molecule has 0 saturated heterocycles. The van der Waals surface area contributed by atoms with E-state index in [1.54, 1.807) is 25.1 Å². The predicted octanol–water partition coefficient (Wildman–Crippen LogP) is 3.15. The molecule has 1 amide bonds. The molecule has 0 aliphatic rings. The fraction of sp³-hybridized carbons (Fsp3) is 0.429. The third kappa shape index (κ3) is 5.80. The Kier molecular flexibility index (Phi) is 6.82. The van der Waals surface area contributed by atoms with E-state index in [9.17, 15) is 9.59 Å². The molecule has 1 rings (SSSR count). The number of benzene rings is 1. The second kappa shape index (κ2) is 8.12. The van der Waals surface area contributed by atoms with Crippen LogP contribution in [0.25, 0.3) is 0 Å². The molecule has 1 aromatic rings. The van der Waals surface area contributed by atoms with Gasteiger partial charge in [-0.25, -0.2) is 0 Å². The number of carbonyl (C=O) groups excluding carboxylic acids is 1. The molecule has 0 radical (unpaired) electrons. The van der Waals surface area contributed by atoms with Crippen LogP contribution < -0.4 is 5.32 Å². The first-order chi connectivity index (χ1) is 9.40. The van der Waals surface area contributed by atoms with E-state index in [2.05, 4.69) is 5.32 Å². The van der Waals surface area contributed by atoms with Crippen LogP contribution in [0.2, 0.25) is 10.0 Å². The highest BCUT2D eigenvalue weighted by atomic mass is 35.5. The summed E-state index contributed by atoms with van der Waals surface area (Å²) in [5.74, 6) is -1.43. The molecule has 0 heterocycles. The van der Waals surface area contributed by atoms with Crippen LogP contribution in [0.1, 0.15) is 25.3 Å². The first kappa shape index (κ1) is 16.8. The third-order valence-electron chi connectivity index (χ3n) is 2.96. The van der Waals surface area contributed by atoms with Crippen LogP contribution in [-0.4, -0.2) is 23.5 Å². The summed E-state index contributed by atoms with van der Waals surface area (Å²) in [6, 6.07) is 5.17. The van der Waals surface area contributed by atoms with Crippen molar-refractivity contribution in [1.82, 2.24) is 5.32 Å². The van der Waals surface area contributed by atoms with Gasteiger partial charge >= 0.3 is 5.97 Å². The van der Waals surface area contributed by atoms with Crippen molar-refractivity contribution in [2.45, 2.75) is 26.2 Å². The maximum absolute atomic E-state index is 11.6. The predicted molar refractivity (Wildman–Crippen MR) is 79.2 cm³/mol. The first-order valence-corrected chi connectivity index (χ1v) is 7.09. The number of carboxylic acids is 1. The Morgan fingerprint density at radius 1 is 1.35 bits per heavy atom. The smallest absolute Gasteiger partial charge is 0.306 e. The van der Waals surface area contributed by atoms with E-state index < -0.39 is 11.9 Å². The normalized spacial score (nSPS) is 11.9. The van der Waals surface area contributed by atoms with Gasteiger partial charge in [0.1, 0.15) is 0 Å². The largest absolute Gasteiger partial charge is 0.481 e. The average molecular weight is 318 g/mol. The van der Waals surface area contributed by atoms with E-state index in [-0.39, 0.29) is 5.91 Å². The Labute approximate surface area is 128 Å². The molecule has 0 saturated carbocycles. The monoisotopic (exact) mass is 317 g/mol. The Bertz CT molecular complexity index is 491. The third-order valence-corrected chi connectivity index (χ3v) is 3.54. The zero-order valence-electron chi connectivity index (χ0n) is 11.2. The second-order valence-corrected chi connectivity index (χ2v) is 5.46. The molecule has 0 aromatic heterocycles. The van der Waals surface area contributed by atoms with Crippen molar-refractivity contribution in [2.24, 2.45) is 5.92 Å². The van der Waals surface area contributed by atoms with Crippen LogP contribution in [0.5, 0.6) is 0 Å². The number of rotatable bonds is 7. The molecule has 6 heteroatoms. The van der Waals surface area contributed by atoms with Crippen molar-refractivity contribution in [3.8, 4) is 0 Å². The summed E-state index contributed by atoms with van der Waals surface area (Å²) in [7, 11) is 0. The van der Waals surface area contributed by atoms with E-state index in [1.165, 1.54) is 0 Å². The minimum Gasteiger partial charge on any atom is -0.481 e. The molecular formula is C14H17Cl2NO3. The Hall–Kier alpha value is -1.26. The number of aryl methyl sites for hydroxylation is 1. The Morgan fingerprint density at radius 2 is 2.05 bits per heavy atom. The highest BCUT2D eigenvalue weighted by Gasteiger charge is 2.11. The van der Waals surface area contributed by atoms with E-state index in [0.29, 0.717) is 35.9 Å². The molecule has 1 atom stereocenters. The zero-order chi connectivity index (χ0) is 15.1. The summed E-state index contributed by atoms with van der Waals surface area (Å²) in [4.78, 5) is 22.2. The summed E-state index contributed by atoms with van der Waals surface area (Å²) in [5.41, 5.74) is 0.866. The van der Waals surface area contributed by atoms with Gasteiger partial charge in [-0.15, -0.1) is 0 Å². The summed E-state index contributed by atoms with van der Waals surface area (Å²) in [6.45, 7) is 1.97. The van der Waals surface area contributed by atoms with E-state index >= 15 is 0 Å². The Balaban J connectivity index is 2.31. The van der Waals surface area contributed by atoms with E-state index in [1.807, 2.05) is 0 Å². The second-order valence-electron chi connectivity index (χ2n) is 4.61. The number of hydrogen-bond donors (Lipinski definition) is 2. The van der Waals surface area contributed by atoms with Crippen LogP contribution in [0, 0.1) is 5.92 Å². The molecule has 0 aliphatic heterocycles. The van der Waals surface area contributed by atoms with Crippen LogP contribution >= 0.6 is 23.2 Å². The molecule has 2 N–H and O–H groups in total.